The van der Waals surface area contributed by atoms with Crippen molar-refractivity contribution in [3.8, 4) is 0 Å². The summed E-state index contributed by atoms with van der Waals surface area (Å²) in [5.74, 6) is 0. The molecule has 1 unspecified atom stereocenters. The van der Waals surface area contributed by atoms with Crippen molar-refractivity contribution in [2.24, 2.45) is 0 Å². The Morgan fingerprint density at radius 2 is 1.59 bits per heavy atom. The van der Waals surface area contributed by atoms with Crippen LogP contribution in [0.2, 0.25) is 13.1 Å². The summed E-state index contributed by atoms with van der Waals surface area (Å²) >= 11 is 1.58. The molecule has 0 aromatic rings. The Balaban J connectivity index is 3.37. The molecule has 0 aromatic carbocycles. The van der Waals surface area contributed by atoms with Crippen molar-refractivity contribution in [1.29, 1.82) is 0 Å². The molecule has 0 heterocycles. The molecule has 1 nitrogen and oxygen atoms in total. The average molecular weight is 355 g/mol. The topological polar surface area (TPSA) is 3.24 Å². The molecule has 0 bridgehead atoms. The molecule has 1 aliphatic rings. The zero-order valence-corrected chi connectivity index (χ0v) is 16.6. The Labute approximate surface area is 122 Å². The maximum absolute atomic E-state index is 2.80. The van der Waals surface area contributed by atoms with E-state index < -0.39 is 8.96 Å². The van der Waals surface area contributed by atoms with E-state index in [0.717, 1.165) is 0 Å². The standard InChI is InChI=1S/C14H26NSi.Sn/c1-10(2)15(16(7)8)14(6)9-11(3)12(4)13(14)5;/h10,16H,1-8H3;. The summed E-state index contributed by atoms with van der Waals surface area (Å²) in [4.78, 5) is 0. The van der Waals surface area contributed by atoms with Crippen LogP contribution in [0.5, 0.6) is 0 Å². The number of hydrogen-bond donors (Lipinski definition) is 0. The van der Waals surface area contributed by atoms with Gasteiger partial charge in [0.15, 0.2) is 0 Å². The second-order valence-corrected chi connectivity index (χ2v) is 10.1. The van der Waals surface area contributed by atoms with Gasteiger partial charge in [0, 0.05) is 0 Å². The van der Waals surface area contributed by atoms with E-state index in [1.807, 2.05) is 0 Å². The third kappa shape index (κ3) is 2.33. The van der Waals surface area contributed by atoms with E-state index in [4.69, 9.17) is 0 Å². The van der Waals surface area contributed by atoms with Crippen molar-refractivity contribution in [3.63, 3.8) is 0 Å². The fourth-order valence-electron chi connectivity index (χ4n) is 3.34. The summed E-state index contributed by atoms with van der Waals surface area (Å²) < 4.78 is 4.45. The van der Waals surface area contributed by atoms with Gasteiger partial charge in [-0.15, -0.1) is 0 Å². The summed E-state index contributed by atoms with van der Waals surface area (Å²) in [6.07, 6.45) is 0. The molecule has 0 saturated carbocycles. The molecule has 0 amide bonds. The van der Waals surface area contributed by atoms with Crippen molar-refractivity contribution in [2.75, 3.05) is 0 Å². The van der Waals surface area contributed by atoms with E-state index in [-0.39, 0.29) is 5.54 Å². The summed E-state index contributed by atoms with van der Waals surface area (Å²) in [5, 5.41) is 0. The molecule has 1 atom stereocenters. The molecule has 1 aliphatic carbocycles. The molecule has 95 valence electrons. The molecular formula is C14H26NSiSn. The number of hydrogen-bond acceptors (Lipinski definition) is 1. The molecule has 0 aliphatic heterocycles. The van der Waals surface area contributed by atoms with Gasteiger partial charge in [0.1, 0.15) is 0 Å². The summed E-state index contributed by atoms with van der Waals surface area (Å²) in [6.45, 7) is 19.0. The monoisotopic (exact) mass is 356 g/mol. The summed E-state index contributed by atoms with van der Waals surface area (Å²) in [7, 11) is -0.816. The molecule has 0 saturated heterocycles. The van der Waals surface area contributed by atoms with Gasteiger partial charge in [-0.1, -0.05) is 0 Å². The van der Waals surface area contributed by atoms with E-state index in [2.05, 4.69) is 59.2 Å². The second-order valence-electron chi connectivity index (χ2n) is 5.92. The van der Waals surface area contributed by atoms with Gasteiger partial charge < -0.3 is 0 Å². The quantitative estimate of drug-likeness (QED) is 0.703. The van der Waals surface area contributed by atoms with Crippen LogP contribution in [-0.2, 0) is 0 Å². The fraction of sp³-hybridized carbons (Fsp3) is 0.714. The SMILES string of the molecule is CC1=C(C)C(C)(N(C(C)C)[SiH](C)C)[C]([Sn])=C1C. The van der Waals surface area contributed by atoms with Gasteiger partial charge in [0.25, 0.3) is 0 Å². The molecule has 3 heteroatoms. The molecular weight excluding hydrogens is 329 g/mol. The van der Waals surface area contributed by atoms with Gasteiger partial charge >= 0.3 is 123 Å². The fourth-order valence-corrected chi connectivity index (χ4v) is 7.69. The molecule has 1 rings (SSSR count). The van der Waals surface area contributed by atoms with Crippen LogP contribution in [0, 0.1) is 0 Å². The van der Waals surface area contributed by atoms with Crippen LogP contribution in [0.25, 0.3) is 0 Å². The maximum atomic E-state index is 2.80. The predicted octanol–water partition coefficient (Wildman–Crippen LogP) is 3.23. The molecule has 0 N–H and O–H groups in total. The first-order chi connectivity index (χ1) is 7.65. The van der Waals surface area contributed by atoms with E-state index >= 15 is 0 Å². The number of nitrogens with zero attached hydrogens (tertiary/aromatic N) is 1. The Morgan fingerprint density at radius 1 is 1.12 bits per heavy atom. The third-order valence-corrected chi connectivity index (χ3v) is 9.03. The third-order valence-electron chi connectivity index (χ3n) is 4.35. The zero-order valence-electron chi connectivity index (χ0n) is 12.6. The van der Waals surface area contributed by atoms with Crippen LogP contribution < -0.4 is 0 Å². The van der Waals surface area contributed by atoms with Crippen LogP contribution in [0.1, 0.15) is 41.5 Å². The van der Waals surface area contributed by atoms with Crippen molar-refractivity contribution in [2.45, 2.75) is 66.2 Å². The zero-order chi connectivity index (χ0) is 13.5. The van der Waals surface area contributed by atoms with Gasteiger partial charge in [0.2, 0.25) is 0 Å². The van der Waals surface area contributed by atoms with Gasteiger partial charge in [-0.05, 0) is 0 Å². The molecule has 0 fully saturated rings. The Morgan fingerprint density at radius 3 is 1.82 bits per heavy atom. The molecule has 0 aromatic heterocycles. The molecule has 17 heavy (non-hydrogen) atoms. The normalized spacial score (nSPS) is 26.1. The Kier molecular flexibility index (Phi) is 4.76. The first-order valence-electron chi connectivity index (χ1n) is 6.55. The van der Waals surface area contributed by atoms with E-state index in [9.17, 15) is 0 Å². The molecule has 0 spiro atoms. The summed E-state index contributed by atoms with van der Waals surface area (Å²) in [5.41, 5.74) is 4.86. The Bertz CT molecular complexity index is 348. The minimum absolute atomic E-state index is 0.209. The molecule has 3 radical (unpaired) electrons. The van der Waals surface area contributed by atoms with Crippen molar-refractivity contribution in [1.82, 2.24) is 4.57 Å². The average Bonchev–Trinajstić information content (AvgIpc) is 2.34. The van der Waals surface area contributed by atoms with Gasteiger partial charge in [0.05, 0.1) is 0 Å². The van der Waals surface area contributed by atoms with Crippen LogP contribution in [0.15, 0.2) is 20.3 Å². The van der Waals surface area contributed by atoms with Gasteiger partial charge in [-0.3, -0.25) is 0 Å². The Hall–Kier alpha value is 0.456. The minimum atomic E-state index is -0.816. The number of allylic oxidation sites excluding steroid dienone is 2. The first kappa shape index (κ1) is 15.5. The summed E-state index contributed by atoms with van der Waals surface area (Å²) in [6, 6.07) is 0.635. The van der Waals surface area contributed by atoms with Gasteiger partial charge in [-0.25, -0.2) is 0 Å². The first-order valence-corrected chi connectivity index (χ1v) is 10.8. The van der Waals surface area contributed by atoms with Crippen LogP contribution in [-0.4, -0.2) is 47.6 Å². The van der Waals surface area contributed by atoms with E-state index in [1.54, 1.807) is 37.3 Å². The van der Waals surface area contributed by atoms with Crippen LogP contribution in [0.4, 0.5) is 0 Å². The second kappa shape index (κ2) is 5.21. The number of rotatable bonds is 3. The van der Waals surface area contributed by atoms with Crippen molar-refractivity contribution in [3.05, 3.63) is 20.3 Å². The van der Waals surface area contributed by atoms with E-state index in [0.29, 0.717) is 6.04 Å². The van der Waals surface area contributed by atoms with Gasteiger partial charge in [-0.2, -0.15) is 0 Å². The van der Waals surface area contributed by atoms with Crippen LogP contribution in [0.3, 0.4) is 0 Å². The van der Waals surface area contributed by atoms with Crippen LogP contribution >= 0.6 is 0 Å². The van der Waals surface area contributed by atoms with Crippen molar-refractivity contribution >= 4 is 31.5 Å². The van der Waals surface area contributed by atoms with E-state index in [1.165, 1.54) is 5.57 Å². The predicted molar refractivity (Wildman–Crippen MR) is 81.1 cm³/mol. The van der Waals surface area contributed by atoms with Crippen molar-refractivity contribution < 1.29 is 0 Å².